The molecule has 0 aliphatic carbocycles. The van der Waals surface area contributed by atoms with Gasteiger partial charge in [-0.15, -0.1) is 0 Å². The van der Waals surface area contributed by atoms with Gasteiger partial charge in [-0.2, -0.15) is 10.6 Å². The number of nitrogens with one attached hydrogen (secondary N) is 1. The van der Waals surface area contributed by atoms with Gasteiger partial charge in [0.15, 0.2) is 9.84 Å². The lowest BCUT2D eigenvalue weighted by molar-refractivity contribution is 0.0945. The van der Waals surface area contributed by atoms with E-state index in [0.717, 1.165) is 32.5 Å². The molecule has 7 nitrogen and oxygen atoms in total. The smallest absolute Gasteiger partial charge is 0.251 e. The number of rotatable bonds is 6. The van der Waals surface area contributed by atoms with Crippen molar-refractivity contribution in [2.24, 2.45) is 0 Å². The molecule has 0 radical (unpaired) electrons. The van der Waals surface area contributed by atoms with Crippen LogP contribution >= 0.6 is 10.6 Å². The summed E-state index contributed by atoms with van der Waals surface area (Å²) in [6.45, 7) is 3.24. The van der Waals surface area contributed by atoms with Crippen molar-refractivity contribution in [2.75, 3.05) is 31.9 Å². The average molecular weight is 465 g/mol. The molecular weight excluding hydrogens is 436 g/mol. The number of sulfone groups is 1. The summed E-state index contributed by atoms with van der Waals surface area (Å²) in [4.78, 5) is 15.5. The molecule has 1 amide bonds. The predicted molar refractivity (Wildman–Crippen MR) is 121 cm³/mol. The summed E-state index contributed by atoms with van der Waals surface area (Å²) in [5.74, 6) is -0.725. The van der Waals surface area contributed by atoms with E-state index in [1.54, 1.807) is 30.3 Å². The molecule has 4 rings (SSSR count). The Labute approximate surface area is 184 Å². The third kappa shape index (κ3) is 4.51. The number of carbonyl (C=O) groups is 1. The van der Waals surface area contributed by atoms with Crippen LogP contribution in [-0.4, -0.2) is 60.3 Å². The Kier molecular flexibility index (Phi) is 6.41. The van der Waals surface area contributed by atoms with Crippen molar-refractivity contribution in [3.63, 3.8) is 0 Å². The van der Waals surface area contributed by atoms with Crippen LogP contribution in [-0.2, 0) is 9.84 Å². The van der Waals surface area contributed by atoms with E-state index in [-0.39, 0.29) is 32.6 Å². The summed E-state index contributed by atoms with van der Waals surface area (Å²) in [6.07, 6.45) is 3.57. The SMILES string of the molecule is O=C(NCCN1CCCCC1)c1cccc2c1C(S(=O)(=O)c1ccccc1)CS2(O)O. The molecule has 2 aromatic rings. The number of amides is 1. The molecule has 0 spiro atoms. The molecule has 1 fully saturated rings. The summed E-state index contributed by atoms with van der Waals surface area (Å²) in [5.41, 5.74) is 0.403. The van der Waals surface area contributed by atoms with E-state index in [1.807, 2.05) is 0 Å². The van der Waals surface area contributed by atoms with Crippen molar-refractivity contribution in [3.05, 3.63) is 59.7 Å². The predicted octanol–water partition coefficient (Wildman–Crippen LogP) is 3.54. The van der Waals surface area contributed by atoms with Gasteiger partial charge in [-0.25, -0.2) is 8.42 Å². The van der Waals surface area contributed by atoms with E-state index < -0.39 is 25.7 Å². The Morgan fingerprint density at radius 1 is 1.03 bits per heavy atom. The van der Waals surface area contributed by atoms with E-state index in [2.05, 4.69) is 10.2 Å². The zero-order chi connectivity index (χ0) is 22.1. The van der Waals surface area contributed by atoms with Gasteiger partial charge >= 0.3 is 0 Å². The van der Waals surface area contributed by atoms with Crippen LogP contribution in [0.4, 0.5) is 0 Å². The summed E-state index contributed by atoms with van der Waals surface area (Å²) < 4.78 is 47.9. The third-order valence-electron chi connectivity index (χ3n) is 5.98. The van der Waals surface area contributed by atoms with Gasteiger partial charge in [-0.1, -0.05) is 30.7 Å². The number of benzene rings is 2. The highest BCUT2D eigenvalue weighted by Gasteiger charge is 2.45. The number of carbonyl (C=O) groups excluding carboxylic acids is 1. The second-order valence-electron chi connectivity index (χ2n) is 8.06. The lowest BCUT2D eigenvalue weighted by Gasteiger charge is -2.27. The third-order valence-corrected chi connectivity index (χ3v) is 10.1. The molecule has 3 N–H and O–H groups in total. The highest BCUT2D eigenvalue weighted by atomic mass is 32.3. The van der Waals surface area contributed by atoms with Gasteiger partial charge in [0.25, 0.3) is 5.91 Å². The molecule has 2 aliphatic heterocycles. The van der Waals surface area contributed by atoms with Gasteiger partial charge in [-0.3, -0.25) is 13.9 Å². The maximum atomic E-state index is 13.3. The van der Waals surface area contributed by atoms with Crippen molar-refractivity contribution < 1.29 is 22.3 Å². The quantitative estimate of drug-likeness (QED) is 0.604. The van der Waals surface area contributed by atoms with Crippen molar-refractivity contribution >= 4 is 26.3 Å². The standard InChI is InChI=1S/C22H28N2O5S2/c25-22(23-12-15-24-13-5-2-6-14-24)18-10-7-11-19-21(18)20(16-30(19,26)27)31(28,29)17-8-3-1-4-9-17/h1,3-4,7-11,20,26-27H,2,5-6,12-16H2,(H,23,25). The molecule has 168 valence electrons. The summed E-state index contributed by atoms with van der Waals surface area (Å²) in [7, 11) is -7.21. The Bertz CT molecular complexity index is 1050. The van der Waals surface area contributed by atoms with Gasteiger partial charge in [0.2, 0.25) is 0 Å². The van der Waals surface area contributed by atoms with E-state index in [0.29, 0.717) is 6.54 Å². The van der Waals surface area contributed by atoms with Gasteiger partial charge < -0.3 is 10.2 Å². The zero-order valence-electron chi connectivity index (χ0n) is 17.2. The van der Waals surface area contributed by atoms with Crippen molar-refractivity contribution in [1.82, 2.24) is 10.2 Å². The highest BCUT2D eigenvalue weighted by Crippen LogP contribution is 2.62. The van der Waals surface area contributed by atoms with Crippen molar-refractivity contribution in [1.29, 1.82) is 0 Å². The first-order chi connectivity index (χ1) is 14.8. The van der Waals surface area contributed by atoms with Crippen LogP contribution in [0.5, 0.6) is 0 Å². The highest BCUT2D eigenvalue weighted by molar-refractivity contribution is 8.25. The minimum Gasteiger partial charge on any atom is -0.351 e. The molecule has 2 aliphatic rings. The minimum atomic E-state index is -3.90. The molecule has 1 unspecified atom stereocenters. The van der Waals surface area contributed by atoms with E-state index >= 15 is 0 Å². The van der Waals surface area contributed by atoms with Crippen LogP contribution in [0.25, 0.3) is 0 Å². The van der Waals surface area contributed by atoms with Crippen molar-refractivity contribution in [2.45, 2.75) is 34.3 Å². The fraction of sp³-hybridized carbons (Fsp3) is 0.409. The molecule has 2 heterocycles. The van der Waals surface area contributed by atoms with Crippen molar-refractivity contribution in [3.8, 4) is 0 Å². The summed E-state index contributed by atoms with van der Waals surface area (Å²) in [6, 6.07) is 12.6. The van der Waals surface area contributed by atoms with Gasteiger partial charge in [0, 0.05) is 24.2 Å². The van der Waals surface area contributed by atoms with Crippen LogP contribution in [0.15, 0.2) is 58.3 Å². The van der Waals surface area contributed by atoms with E-state index in [9.17, 15) is 22.3 Å². The summed E-state index contributed by atoms with van der Waals surface area (Å²) in [5, 5.41) is 1.70. The first-order valence-corrected chi connectivity index (χ1v) is 13.8. The number of likely N-dealkylation sites (tertiary alicyclic amines) is 1. The fourth-order valence-corrected chi connectivity index (χ4v) is 8.83. The van der Waals surface area contributed by atoms with Crippen LogP contribution in [0, 0.1) is 0 Å². The molecule has 0 aromatic heterocycles. The first kappa shape index (κ1) is 22.3. The topological polar surface area (TPSA) is 107 Å². The maximum absolute atomic E-state index is 13.3. The molecule has 2 aromatic carbocycles. The fourth-order valence-electron chi connectivity index (χ4n) is 4.37. The lowest BCUT2D eigenvalue weighted by Crippen LogP contribution is -2.38. The molecule has 9 heteroatoms. The van der Waals surface area contributed by atoms with Crippen LogP contribution < -0.4 is 5.32 Å². The van der Waals surface area contributed by atoms with Gasteiger partial charge in [-0.05, 0) is 50.2 Å². The van der Waals surface area contributed by atoms with Crippen LogP contribution in [0.1, 0.15) is 40.4 Å². The molecule has 31 heavy (non-hydrogen) atoms. The number of nitrogens with zero attached hydrogens (tertiary/aromatic N) is 1. The molecular formula is C22H28N2O5S2. The van der Waals surface area contributed by atoms with Gasteiger partial charge in [0.1, 0.15) is 5.25 Å². The first-order valence-electron chi connectivity index (χ1n) is 10.5. The van der Waals surface area contributed by atoms with E-state index in [4.69, 9.17) is 0 Å². The Morgan fingerprint density at radius 3 is 2.45 bits per heavy atom. The monoisotopic (exact) mass is 464 g/mol. The second-order valence-corrected chi connectivity index (χ2v) is 12.3. The average Bonchev–Trinajstić information content (AvgIpc) is 3.07. The van der Waals surface area contributed by atoms with Gasteiger partial charge in [0.05, 0.1) is 15.5 Å². The molecule has 0 saturated carbocycles. The normalized spacial score (nSPS) is 21.9. The molecule has 1 atom stereocenters. The number of piperidine rings is 1. The summed E-state index contributed by atoms with van der Waals surface area (Å²) >= 11 is 0. The number of hydrogen-bond donors (Lipinski definition) is 3. The minimum absolute atomic E-state index is 0.100. The van der Waals surface area contributed by atoms with Crippen LogP contribution in [0.2, 0.25) is 0 Å². The maximum Gasteiger partial charge on any atom is 0.251 e. The molecule has 1 saturated heterocycles. The number of hydrogen-bond acceptors (Lipinski definition) is 6. The lowest BCUT2D eigenvalue weighted by atomic mass is 10.0. The Balaban J connectivity index is 1.61. The number of fused-ring (bicyclic) bond motifs is 1. The van der Waals surface area contributed by atoms with E-state index in [1.165, 1.54) is 24.6 Å². The largest absolute Gasteiger partial charge is 0.351 e. The Morgan fingerprint density at radius 2 is 1.74 bits per heavy atom. The second kappa shape index (κ2) is 8.91. The molecule has 0 bridgehead atoms. The Hall–Kier alpha value is -1.91. The zero-order valence-corrected chi connectivity index (χ0v) is 18.9. The van der Waals surface area contributed by atoms with Crippen LogP contribution in [0.3, 0.4) is 0 Å².